The fourth-order valence-electron chi connectivity index (χ4n) is 3.21. The van der Waals surface area contributed by atoms with Crippen LogP contribution in [0.15, 0.2) is 59.5 Å². The van der Waals surface area contributed by atoms with Crippen molar-refractivity contribution in [1.29, 1.82) is 0 Å². The Kier molecular flexibility index (Phi) is 5.43. The van der Waals surface area contributed by atoms with Crippen molar-refractivity contribution in [3.63, 3.8) is 0 Å². The van der Waals surface area contributed by atoms with E-state index in [9.17, 15) is 9.59 Å². The van der Waals surface area contributed by atoms with E-state index in [0.29, 0.717) is 11.3 Å². The topological polar surface area (TPSA) is 66.4 Å². The monoisotopic (exact) mass is 355 g/mol. The molecule has 0 aromatic heterocycles. The average Bonchev–Trinajstić information content (AvgIpc) is 3.05. The molecular formula is C20H21NO3S. The number of anilines is 1. The molecule has 4 nitrogen and oxygen atoms in total. The van der Waals surface area contributed by atoms with Crippen molar-refractivity contribution >= 4 is 29.3 Å². The fraction of sp³-hybridized carbons (Fsp3) is 0.300. The molecule has 0 heterocycles. The molecule has 130 valence electrons. The molecule has 2 N–H and O–H groups in total. The van der Waals surface area contributed by atoms with Crippen LogP contribution in [0, 0.1) is 0 Å². The van der Waals surface area contributed by atoms with E-state index < -0.39 is 10.7 Å². The first kappa shape index (κ1) is 17.5. The Morgan fingerprint density at radius 1 is 1.04 bits per heavy atom. The second kappa shape index (κ2) is 7.74. The fourth-order valence-corrected chi connectivity index (χ4v) is 4.60. The van der Waals surface area contributed by atoms with Crippen LogP contribution < -0.4 is 5.32 Å². The lowest BCUT2D eigenvalue weighted by Gasteiger charge is -2.27. The largest absolute Gasteiger partial charge is 0.481 e. The minimum atomic E-state index is -0.879. The van der Waals surface area contributed by atoms with Crippen LogP contribution in [-0.4, -0.2) is 21.7 Å². The summed E-state index contributed by atoms with van der Waals surface area (Å²) >= 11 is 1.63. The number of amides is 1. The Hall–Kier alpha value is -2.27. The summed E-state index contributed by atoms with van der Waals surface area (Å²) in [5.41, 5.74) is 1.34. The molecule has 0 bridgehead atoms. The van der Waals surface area contributed by atoms with Gasteiger partial charge in [-0.15, -0.1) is 11.8 Å². The zero-order valence-corrected chi connectivity index (χ0v) is 14.7. The van der Waals surface area contributed by atoms with E-state index in [1.807, 2.05) is 30.3 Å². The Morgan fingerprint density at radius 3 is 2.44 bits per heavy atom. The first-order valence-corrected chi connectivity index (χ1v) is 9.25. The number of thioether (sulfide) groups is 1. The van der Waals surface area contributed by atoms with Gasteiger partial charge in [-0.3, -0.25) is 9.59 Å². The summed E-state index contributed by atoms with van der Waals surface area (Å²) in [5.74, 6) is -0.873. The summed E-state index contributed by atoms with van der Waals surface area (Å²) in [4.78, 5) is 25.0. The highest BCUT2D eigenvalue weighted by atomic mass is 32.2. The molecule has 0 spiro atoms. The average molecular weight is 355 g/mol. The molecule has 25 heavy (non-hydrogen) atoms. The number of aliphatic carboxylic acids is 1. The van der Waals surface area contributed by atoms with Crippen LogP contribution in [0.4, 0.5) is 5.69 Å². The quantitative estimate of drug-likeness (QED) is 0.808. The molecule has 0 saturated heterocycles. The third-order valence-electron chi connectivity index (χ3n) is 4.42. The number of carboxylic acid groups (broad SMARTS) is 1. The molecule has 0 aliphatic heterocycles. The number of hydrogen-bond acceptors (Lipinski definition) is 3. The molecular weight excluding hydrogens is 334 g/mol. The van der Waals surface area contributed by atoms with Gasteiger partial charge in [-0.05, 0) is 42.7 Å². The number of nitrogens with one attached hydrogen (secondary N) is 1. The number of rotatable bonds is 6. The van der Waals surface area contributed by atoms with Gasteiger partial charge < -0.3 is 10.4 Å². The lowest BCUT2D eigenvalue weighted by Crippen LogP contribution is -2.37. The summed E-state index contributed by atoms with van der Waals surface area (Å²) in [6, 6.07) is 17.1. The van der Waals surface area contributed by atoms with Crippen LogP contribution >= 0.6 is 11.8 Å². The van der Waals surface area contributed by atoms with E-state index >= 15 is 0 Å². The Bertz CT molecular complexity index is 755. The SMILES string of the molecule is O=C(O)Cc1cccc(NC(=O)C2(Sc3ccccc3)CCCC2)c1. The van der Waals surface area contributed by atoms with Gasteiger partial charge >= 0.3 is 5.97 Å². The van der Waals surface area contributed by atoms with Gasteiger partial charge in [0.15, 0.2) is 0 Å². The van der Waals surface area contributed by atoms with E-state index in [0.717, 1.165) is 30.6 Å². The maximum atomic E-state index is 13.0. The predicted molar refractivity (Wildman–Crippen MR) is 99.9 cm³/mol. The molecule has 0 unspecified atom stereocenters. The number of carbonyl (C=O) groups is 2. The highest BCUT2D eigenvalue weighted by Crippen LogP contribution is 2.46. The minimum absolute atomic E-state index is 0.00586. The number of benzene rings is 2. The Morgan fingerprint density at radius 2 is 1.76 bits per heavy atom. The van der Waals surface area contributed by atoms with Crippen molar-refractivity contribution in [1.82, 2.24) is 0 Å². The second-order valence-electron chi connectivity index (χ2n) is 6.34. The molecule has 2 aromatic carbocycles. The van der Waals surface area contributed by atoms with Crippen LogP contribution in [0.25, 0.3) is 0 Å². The van der Waals surface area contributed by atoms with Gasteiger partial charge in [-0.2, -0.15) is 0 Å². The van der Waals surface area contributed by atoms with Crippen molar-refractivity contribution < 1.29 is 14.7 Å². The van der Waals surface area contributed by atoms with Gasteiger partial charge in [0.2, 0.25) is 5.91 Å². The highest BCUT2D eigenvalue weighted by molar-refractivity contribution is 8.01. The van der Waals surface area contributed by atoms with Crippen molar-refractivity contribution in [2.45, 2.75) is 41.7 Å². The third-order valence-corrected chi connectivity index (χ3v) is 5.91. The predicted octanol–water partition coefficient (Wildman–Crippen LogP) is 4.36. The van der Waals surface area contributed by atoms with Crippen LogP contribution in [0.1, 0.15) is 31.2 Å². The maximum absolute atomic E-state index is 13.0. The molecule has 5 heteroatoms. The zero-order chi connectivity index (χ0) is 17.7. The van der Waals surface area contributed by atoms with Gasteiger partial charge in [-0.25, -0.2) is 0 Å². The Labute approximate surface area is 151 Å². The molecule has 1 aliphatic carbocycles. The van der Waals surface area contributed by atoms with Gasteiger partial charge in [0.05, 0.1) is 11.2 Å². The van der Waals surface area contributed by atoms with Crippen LogP contribution in [0.5, 0.6) is 0 Å². The van der Waals surface area contributed by atoms with Crippen molar-refractivity contribution in [2.24, 2.45) is 0 Å². The van der Waals surface area contributed by atoms with E-state index in [2.05, 4.69) is 5.32 Å². The Balaban J connectivity index is 1.76. The number of hydrogen-bond donors (Lipinski definition) is 2. The third kappa shape index (κ3) is 4.42. The van der Waals surface area contributed by atoms with Gasteiger partial charge in [0, 0.05) is 10.6 Å². The zero-order valence-electron chi connectivity index (χ0n) is 13.9. The summed E-state index contributed by atoms with van der Waals surface area (Å²) in [7, 11) is 0. The molecule has 0 radical (unpaired) electrons. The highest BCUT2D eigenvalue weighted by Gasteiger charge is 2.42. The van der Waals surface area contributed by atoms with E-state index in [4.69, 9.17) is 5.11 Å². The summed E-state index contributed by atoms with van der Waals surface area (Å²) in [6.45, 7) is 0. The molecule has 1 aliphatic rings. The van der Waals surface area contributed by atoms with Crippen LogP contribution in [0.2, 0.25) is 0 Å². The van der Waals surface area contributed by atoms with Gasteiger partial charge in [-0.1, -0.05) is 43.2 Å². The summed E-state index contributed by atoms with van der Waals surface area (Å²) < 4.78 is -0.454. The number of carbonyl (C=O) groups excluding carboxylic acids is 1. The summed E-state index contributed by atoms with van der Waals surface area (Å²) in [5, 5.41) is 11.9. The van der Waals surface area contributed by atoms with Crippen molar-refractivity contribution in [2.75, 3.05) is 5.32 Å². The maximum Gasteiger partial charge on any atom is 0.307 e. The number of carboxylic acids is 1. The lowest BCUT2D eigenvalue weighted by molar-refractivity contribution is -0.136. The standard InChI is InChI=1S/C20H21NO3S/c22-18(23)14-15-7-6-8-16(13-15)21-19(24)20(11-4-5-12-20)25-17-9-2-1-3-10-17/h1-3,6-10,13H,4-5,11-12,14H2,(H,21,24)(H,22,23). The van der Waals surface area contributed by atoms with Gasteiger partial charge in [0.25, 0.3) is 0 Å². The van der Waals surface area contributed by atoms with Crippen LogP contribution in [-0.2, 0) is 16.0 Å². The molecule has 1 fully saturated rings. The first-order valence-electron chi connectivity index (χ1n) is 8.44. The minimum Gasteiger partial charge on any atom is -0.481 e. The normalized spacial score (nSPS) is 15.7. The molecule has 2 aromatic rings. The molecule has 1 saturated carbocycles. The van der Waals surface area contributed by atoms with E-state index in [1.165, 1.54) is 0 Å². The van der Waals surface area contributed by atoms with E-state index in [-0.39, 0.29) is 12.3 Å². The first-order chi connectivity index (χ1) is 12.1. The van der Waals surface area contributed by atoms with Gasteiger partial charge in [0.1, 0.15) is 0 Å². The molecule has 0 atom stereocenters. The smallest absolute Gasteiger partial charge is 0.307 e. The van der Waals surface area contributed by atoms with E-state index in [1.54, 1.807) is 36.0 Å². The second-order valence-corrected chi connectivity index (χ2v) is 7.80. The van der Waals surface area contributed by atoms with Crippen LogP contribution in [0.3, 0.4) is 0 Å². The summed E-state index contributed by atoms with van der Waals surface area (Å²) in [6.07, 6.45) is 3.76. The van der Waals surface area contributed by atoms with Crippen molar-refractivity contribution in [3.05, 3.63) is 60.2 Å². The molecule has 3 rings (SSSR count). The molecule has 1 amide bonds. The lowest BCUT2D eigenvalue weighted by atomic mass is 10.1. The van der Waals surface area contributed by atoms with Crippen molar-refractivity contribution in [3.8, 4) is 0 Å².